The van der Waals surface area contributed by atoms with E-state index in [1.54, 1.807) is 24.3 Å². The van der Waals surface area contributed by atoms with Gasteiger partial charge in [-0.3, -0.25) is 4.79 Å². The smallest absolute Gasteiger partial charge is 0.244 e. The van der Waals surface area contributed by atoms with E-state index in [4.69, 9.17) is 9.47 Å². The van der Waals surface area contributed by atoms with Crippen LogP contribution in [-0.2, 0) is 19.6 Å². The molecule has 3 aliphatic heterocycles. The minimum absolute atomic E-state index is 0.0250. The highest BCUT2D eigenvalue weighted by Gasteiger charge is 2.41. The first kappa shape index (κ1) is 17.8. The number of nitrogens with one attached hydrogen (secondary N) is 1. The summed E-state index contributed by atoms with van der Waals surface area (Å²) >= 11 is 0. The number of hydrogen-bond acceptors (Lipinski definition) is 5. The molecule has 2 fully saturated rings. The third-order valence-electron chi connectivity index (χ3n) is 5.72. The van der Waals surface area contributed by atoms with E-state index in [1.807, 2.05) is 4.90 Å². The number of amides is 1. The fourth-order valence-corrected chi connectivity index (χ4v) is 5.21. The molecular formula is C18H24N2O5S. The second-order valence-electron chi connectivity index (χ2n) is 7.45. The Morgan fingerprint density at radius 3 is 2.73 bits per heavy atom. The van der Waals surface area contributed by atoms with Crippen LogP contribution >= 0.6 is 0 Å². The molecule has 7 nitrogen and oxygen atoms in total. The van der Waals surface area contributed by atoms with Gasteiger partial charge in [0, 0.05) is 31.7 Å². The van der Waals surface area contributed by atoms with E-state index in [2.05, 4.69) is 4.72 Å². The van der Waals surface area contributed by atoms with Crippen LogP contribution in [0, 0.1) is 11.3 Å². The fraction of sp³-hybridized carbons (Fsp3) is 0.611. The Morgan fingerprint density at radius 1 is 1.23 bits per heavy atom. The van der Waals surface area contributed by atoms with Crippen LogP contribution in [0.3, 0.4) is 0 Å². The molecule has 1 atom stereocenters. The van der Waals surface area contributed by atoms with Crippen LogP contribution in [0.2, 0.25) is 0 Å². The molecule has 1 spiro atoms. The molecule has 2 saturated heterocycles. The lowest BCUT2D eigenvalue weighted by molar-refractivity contribution is -0.138. The molecule has 1 aromatic rings. The van der Waals surface area contributed by atoms with Crippen molar-refractivity contribution in [2.24, 2.45) is 11.3 Å². The van der Waals surface area contributed by atoms with Crippen LogP contribution in [0.1, 0.15) is 19.3 Å². The zero-order valence-corrected chi connectivity index (χ0v) is 15.5. The summed E-state index contributed by atoms with van der Waals surface area (Å²) in [4.78, 5) is 14.6. The Bertz CT molecular complexity index is 781. The Hall–Kier alpha value is -1.64. The topological polar surface area (TPSA) is 84.9 Å². The van der Waals surface area contributed by atoms with Gasteiger partial charge >= 0.3 is 0 Å². The number of sulfonamides is 1. The summed E-state index contributed by atoms with van der Waals surface area (Å²) in [6.07, 6.45) is 2.23. The molecule has 0 saturated carbocycles. The zero-order chi connectivity index (χ0) is 18.2. The van der Waals surface area contributed by atoms with Crippen LogP contribution in [0.4, 0.5) is 0 Å². The maximum Gasteiger partial charge on any atom is 0.244 e. The van der Waals surface area contributed by atoms with Gasteiger partial charge in [-0.2, -0.15) is 0 Å². The van der Waals surface area contributed by atoms with Crippen molar-refractivity contribution in [2.45, 2.75) is 24.2 Å². The number of ether oxygens (including phenoxy) is 2. The van der Waals surface area contributed by atoms with E-state index in [0.29, 0.717) is 45.2 Å². The van der Waals surface area contributed by atoms with Gasteiger partial charge in [-0.1, -0.05) is 12.1 Å². The van der Waals surface area contributed by atoms with Gasteiger partial charge in [0.25, 0.3) is 0 Å². The highest BCUT2D eigenvalue weighted by Crippen LogP contribution is 2.36. The number of rotatable bonds is 1. The first-order chi connectivity index (χ1) is 12.5. The van der Waals surface area contributed by atoms with Gasteiger partial charge in [0.15, 0.2) is 0 Å². The van der Waals surface area contributed by atoms with Crippen molar-refractivity contribution in [3.63, 3.8) is 0 Å². The fourth-order valence-electron chi connectivity index (χ4n) is 3.91. The molecule has 0 bridgehead atoms. The molecule has 3 aliphatic rings. The SMILES string of the molecule is O=C(C1CCOC1)N1CCC2(CC1)CNS(=O)(=O)c1ccccc1OC2. The summed E-state index contributed by atoms with van der Waals surface area (Å²) in [5, 5.41) is 0. The van der Waals surface area contributed by atoms with Gasteiger partial charge in [0.2, 0.25) is 15.9 Å². The number of piperidine rings is 1. The minimum atomic E-state index is -3.59. The molecule has 8 heteroatoms. The summed E-state index contributed by atoms with van der Waals surface area (Å²) in [5.74, 6) is 0.527. The van der Waals surface area contributed by atoms with Gasteiger partial charge < -0.3 is 14.4 Å². The van der Waals surface area contributed by atoms with Crippen molar-refractivity contribution >= 4 is 15.9 Å². The molecule has 1 N–H and O–H groups in total. The second kappa shape index (κ2) is 6.83. The van der Waals surface area contributed by atoms with Gasteiger partial charge in [0.1, 0.15) is 10.6 Å². The van der Waals surface area contributed by atoms with E-state index in [9.17, 15) is 13.2 Å². The first-order valence-electron chi connectivity index (χ1n) is 9.07. The van der Waals surface area contributed by atoms with E-state index < -0.39 is 10.0 Å². The van der Waals surface area contributed by atoms with Crippen molar-refractivity contribution in [1.29, 1.82) is 0 Å². The number of benzene rings is 1. The Kier molecular flexibility index (Phi) is 4.66. The molecule has 1 aromatic carbocycles. The largest absolute Gasteiger partial charge is 0.492 e. The average Bonchev–Trinajstić information content (AvgIpc) is 3.19. The molecule has 26 heavy (non-hydrogen) atoms. The van der Waals surface area contributed by atoms with Crippen molar-refractivity contribution in [1.82, 2.24) is 9.62 Å². The molecule has 0 radical (unpaired) electrons. The van der Waals surface area contributed by atoms with Gasteiger partial charge in [-0.25, -0.2) is 13.1 Å². The summed E-state index contributed by atoms with van der Waals surface area (Å²) in [6, 6.07) is 6.70. The lowest BCUT2D eigenvalue weighted by atomic mass is 9.79. The van der Waals surface area contributed by atoms with Gasteiger partial charge in [0.05, 0.1) is 19.1 Å². The molecule has 1 amide bonds. The van der Waals surface area contributed by atoms with Crippen LogP contribution < -0.4 is 9.46 Å². The molecule has 0 aliphatic carbocycles. The van der Waals surface area contributed by atoms with Gasteiger partial charge in [-0.15, -0.1) is 0 Å². The van der Waals surface area contributed by atoms with Crippen molar-refractivity contribution in [3.05, 3.63) is 24.3 Å². The number of carbonyl (C=O) groups is 1. The molecular weight excluding hydrogens is 356 g/mol. The number of likely N-dealkylation sites (tertiary alicyclic amines) is 1. The predicted molar refractivity (Wildman–Crippen MR) is 94.3 cm³/mol. The normalized spacial score (nSPS) is 27.2. The maximum atomic E-state index is 12.6. The van der Waals surface area contributed by atoms with E-state index in [0.717, 1.165) is 19.3 Å². The Morgan fingerprint density at radius 2 is 2.00 bits per heavy atom. The summed E-state index contributed by atoms with van der Waals surface area (Å²) in [7, 11) is -3.59. The molecule has 1 unspecified atom stereocenters. The molecule has 142 valence electrons. The highest BCUT2D eigenvalue weighted by molar-refractivity contribution is 7.89. The number of hydrogen-bond donors (Lipinski definition) is 1. The van der Waals surface area contributed by atoms with Crippen molar-refractivity contribution in [2.75, 3.05) is 39.5 Å². The minimum Gasteiger partial charge on any atom is -0.492 e. The van der Waals surface area contributed by atoms with E-state index in [-0.39, 0.29) is 22.1 Å². The zero-order valence-electron chi connectivity index (χ0n) is 14.6. The van der Waals surface area contributed by atoms with Crippen molar-refractivity contribution < 1.29 is 22.7 Å². The standard InChI is InChI=1S/C18H24N2O5S/c21-17(14-5-10-24-11-14)20-8-6-18(7-9-20)12-19-26(22,23)16-4-2-1-3-15(16)25-13-18/h1-4,14,19H,5-13H2. The highest BCUT2D eigenvalue weighted by atomic mass is 32.2. The quantitative estimate of drug-likeness (QED) is 0.786. The number of fused-ring (bicyclic) bond motifs is 1. The molecule has 3 heterocycles. The lowest BCUT2D eigenvalue weighted by Gasteiger charge is -2.43. The molecule has 0 aromatic heterocycles. The predicted octanol–water partition coefficient (Wildman–Crippen LogP) is 1.00. The van der Waals surface area contributed by atoms with Crippen LogP contribution in [0.25, 0.3) is 0 Å². The average molecular weight is 380 g/mol. The summed E-state index contributed by atoms with van der Waals surface area (Å²) in [6.45, 7) is 3.20. The third-order valence-corrected chi connectivity index (χ3v) is 7.17. The van der Waals surface area contributed by atoms with E-state index >= 15 is 0 Å². The third kappa shape index (κ3) is 3.33. The lowest BCUT2D eigenvalue weighted by Crippen LogP contribution is -2.52. The molecule has 4 rings (SSSR count). The Balaban J connectivity index is 1.46. The van der Waals surface area contributed by atoms with Crippen LogP contribution in [0.15, 0.2) is 29.2 Å². The van der Waals surface area contributed by atoms with Crippen LogP contribution in [-0.4, -0.2) is 58.7 Å². The number of nitrogens with zero attached hydrogens (tertiary/aromatic N) is 1. The number of para-hydroxylation sites is 1. The summed E-state index contributed by atoms with van der Waals surface area (Å²) in [5.41, 5.74) is -0.288. The second-order valence-corrected chi connectivity index (χ2v) is 9.18. The monoisotopic (exact) mass is 380 g/mol. The first-order valence-corrected chi connectivity index (χ1v) is 10.6. The Labute approximate surface area is 153 Å². The van der Waals surface area contributed by atoms with Gasteiger partial charge in [-0.05, 0) is 31.4 Å². The van der Waals surface area contributed by atoms with Crippen molar-refractivity contribution in [3.8, 4) is 5.75 Å². The number of carbonyl (C=O) groups excluding carboxylic acids is 1. The van der Waals surface area contributed by atoms with E-state index in [1.165, 1.54) is 0 Å². The maximum absolute atomic E-state index is 12.6. The van der Waals surface area contributed by atoms with Crippen LogP contribution in [0.5, 0.6) is 5.75 Å². The summed E-state index contributed by atoms with van der Waals surface area (Å²) < 4.78 is 39.1.